The van der Waals surface area contributed by atoms with Gasteiger partial charge in [0.2, 0.25) is 5.91 Å². The van der Waals surface area contributed by atoms with E-state index < -0.39 is 5.97 Å². The van der Waals surface area contributed by atoms with Crippen molar-refractivity contribution in [2.75, 3.05) is 12.3 Å². The molecule has 0 saturated carbocycles. The first kappa shape index (κ1) is 18.5. The lowest BCUT2D eigenvalue weighted by Gasteiger charge is -2.17. The number of nitrogens with two attached hydrogens (primary N) is 1. The van der Waals surface area contributed by atoms with Gasteiger partial charge in [-0.3, -0.25) is 4.79 Å². The third-order valence-corrected chi connectivity index (χ3v) is 3.95. The summed E-state index contributed by atoms with van der Waals surface area (Å²) < 4.78 is 6.19. The molecule has 1 amide bonds. The number of rotatable bonds is 6. The number of carbonyl (C=O) groups is 2. The molecule has 1 atom stereocenters. The lowest BCUT2D eigenvalue weighted by atomic mass is 10.00. The summed E-state index contributed by atoms with van der Waals surface area (Å²) in [4.78, 5) is 24.0. The molecule has 1 aromatic carbocycles. The van der Waals surface area contributed by atoms with E-state index in [4.69, 9.17) is 10.5 Å². The van der Waals surface area contributed by atoms with Gasteiger partial charge in [-0.05, 0) is 38.8 Å². The standard InChI is InChI=1S/C18H24N4O3/c1-5-25-18(24)15-9-20-22(17(15)19)10-16(23)21-13(4)14-8-11(2)6-7-12(14)3/h6-9,13H,5,10,19H2,1-4H3,(H,21,23)/t13-/m1/s1. The summed E-state index contributed by atoms with van der Waals surface area (Å²) in [6.45, 7) is 7.84. The molecule has 0 aliphatic carbocycles. The molecule has 7 heteroatoms. The molecule has 0 unspecified atom stereocenters. The van der Waals surface area contributed by atoms with Crippen LogP contribution in [-0.2, 0) is 16.1 Å². The van der Waals surface area contributed by atoms with Crippen LogP contribution in [0.1, 0.15) is 46.9 Å². The van der Waals surface area contributed by atoms with E-state index in [2.05, 4.69) is 16.5 Å². The normalized spacial score (nSPS) is 11.8. The van der Waals surface area contributed by atoms with E-state index >= 15 is 0 Å². The Hall–Kier alpha value is -2.83. The Kier molecular flexibility index (Phi) is 5.80. The Morgan fingerprint density at radius 3 is 2.76 bits per heavy atom. The smallest absolute Gasteiger partial charge is 0.343 e. The molecule has 2 rings (SSSR count). The van der Waals surface area contributed by atoms with E-state index in [0.717, 1.165) is 16.7 Å². The maximum absolute atomic E-state index is 12.3. The SMILES string of the molecule is CCOC(=O)c1cnn(CC(=O)N[C@H](C)c2cc(C)ccc2C)c1N. The highest BCUT2D eigenvalue weighted by atomic mass is 16.5. The Balaban J connectivity index is 2.05. The minimum atomic E-state index is -0.546. The van der Waals surface area contributed by atoms with Gasteiger partial charge in [0.15, 0.2) is 0 Å². The maximum Gasteiger partial charge on any atom is 0.343 e. The van der Waals surface area contributed by atoms with Crippen molar-refractivity contribution in [3.63, 3.8) is 0 Å². The molecule has 0 radical (unpaired) electrons. The first-order chi connectivity index (χ1) is 11.8. The van der Waals surface area contributed by atoms with Crippen LogP contribution in [0.5, 0.6) is 0 Å². The van der Waals surface area contributed by atoms with Crippen molar-refractivity contribution >= 4 is 17.7 Å². The van der Waals surface area contributed by atoms with Crippen molar-refractivity contribution in [3.05, 3.63) is 46.6 Å². The summed E-state index contributed by atoms with van der Waals surface area (Å²) >= 11 is 0. The molecule has 0 spiro atoms. The van der Waals surface area contributed by atoms with Gasteiger partial charge >= 0.3 is 5.97 Å². The highest BCUT2D eigenvalue weighted by molar-refractivity contribution is 5.94. The number of carbonyl (C=O) groups excluding carboxylic acids is 2. The number of nitrogen functional groups attached to an aromatic ring is 1. The number of ether oxygens (including phenoxy) is 1. The van der Waals surface area contributed by atoms with Crippen molar-refractivity contribution in [3.8, 4) is 0 Å². The van der Waals surface area contributed by atoms with Gasteiger partial charge in [-0.15, -0.1) is 0 Å². The molecule has 2 aromatic rings. The van der Waals surface area contributed by atoms with E-state index in [1.54, 1.807) is 6.92 Å². The topological polar surface area (TPSA) is 99.2 Å². The summed E-state index contributed by atoms with van der Waals surface area (Å²) in [7, 11) is 0. The van der Waals surface area contributed by atoms with Crippen LogP contribution >= 0.6 is 0 Å². The maximum atomic E-state index is 12.3. The van der Waals surface area contributed by atoms with Crippen LogP contribution in [0.2, 0.25) is 0 Å². The van der Waals surface area contributed by atoms with Crippen molar-refractivity contribution in [2.45, 2.75) is 40.3 Å². The molecular formula is C18H24N4O3. The second-order valence-corrected chi connectivity index (χ2v) is 5.97. The van der Waals surface area contributed by atoms with Crippen LogP contribution in [0.15, 0.2) is 24.4 Å². The Labute approximate surface area is 147 Å². The summed E-state index contributed by atoms with van der Waals surface area (Å²) in [5.41, 5.74) is 9.37. The molecule has 0 aliphatic heterocycles. The van der Waals surface area contributed by atoms with Crippen molar-refractivity contribution in [1.82, 2.24) is 15.1 Å². The fraction of sp³-hybridized carbons (Fsp3) is 0.389. The van der Waals surface area contributed by atoms with Gasteiger partial charge in [-0.2, -0.15) is 5.10 Å². The second-order valence-electron chi connectivity index (χ2n) is 5.97. The average molecular weight is 344 g/mol. The zero-order valence-corrected chi connectivity index (χ0v) is 15.0. The van der Waals surface area contributed by atoms with Gasteiger partial charge in [-0.1, -0.05) is 23.8 Å². The number of esters is 1. The summed E-state index contributed by atoms with van der Waals surface area (Å²) in [6, 6.07) is 5.98. The predicted octanol–water partition coefficient (Wildman–Crippen LogP) is 2.14. The fourth-order valence-electron chi connectivity index (χ4n) is 2.61. The first-order valence-corrected chi connectivity index (χ1v) is 8.18. The Bertz CT molecular complexity index is 783. The molecule has 7 nitrogen and oxygen atoms in total. The predicted molar refractivity (Wildman–Crippen MR) is 95.1 cm³/mol. The van der Waals surface area contributed by atoms with Crippen LogP contribution in [0.3, 0.4) is 0 Å². The van der Waals surface area contributed by atoms with Crippen LogP contribution < -0.4 is 11.1 Å². The van der Waals surface area contributed by atoms with Crippen molar-refractivity contribution in [2.24, 2.45) is 0 Å². The fourth-order valence-corrected chi connectivity index (χ4v) is 2.61. The van der Waals surface area contributed by atoms with Crippen molar-refractivity contribution < 1.29 is 14.3 Å². The van der Waals surface area contributed by atoms with E-state index in [1.807, 2.05) is 32.9 Å². The number of aromatic nitrogens is 2. The van der Waals surface area contributed by atoms with Gasteiger partial charge in [0.1, 0.15) is 17.9 Å². The number of benzene rings is 1. The highest BCUT2D eigenvalue weighted by Gasteiger charge is 2.18. The largest absolute Gasteiger partial charge is 0.462 e. The summed E-state index contributed by atoms with van der Waals surface area (Å²) in [6.07, 6.45) is 1.31. The lowest BCUT2D eigenvalue weighted by Crippen LogP contribution is -2.31. The molecule has 0 aliphatic rings. The zero-order chi connectivity index (χ0) is 18.6. The Morgan fingerprint density at radius 2 is 2.08 bits per heavy atom. The van der Waals surface area contributed by atoms with Crippen LogP contribution in [0.25, 0.3) is 0 Å². The van der Waals surface area contributed by atoms with Gasteiger partial charge in [-0.25, -0.2) is 9.48 Å². The number of hydrogen-bond acceptors (Lipinski definition) is 5. The van der Waals surface area contributed by atoms with Gasteiger partial charge in [0.25, 0.3) is 0 Å². The van der Waals surface area contributed by atoms with Gasteiger partial charge in [0, 0.05) is 0 Å². The average Bonchev–Trinajstić information content (AvgIpc) is 2.90. The lowest BCUT2D eigenvalue weighted by molar-refractivity contribution is -0.122. The van der Waals surface area contributed by atoms with Crippen molar-refractivity contribution in [1.29, 1.82) is 0 Å². The monoisotopic (exact) mass is 344 g/mol. The highest BCUT2D eigenvalue weighted by Crippen LogP contribution is 2.19. The number of anilines is 1. The van der Waals surface area contributed by atoms with Crippen LogP contribution in [0, 0.1) is 13.8 Å². The number of hydrogen-bond donors (Lipinski definition) is 2. The number of aryl methyl sites for hydroxylation is 2. The van der Waals surface area contributed by atoms with Crippen LogP contribution in [-0.4, -0.2) is 28.3 Å². The molecule has 3 N–H and O–H groups in total. The summed E-state index contributed by atoms with van der Waals surface area (Å²) in [5, 5.41) is 6.93. The minimum Gasteiger partial charge on any atom is -0.462 e. The van der Waals surface area contributed by atoms with E-state index in [1.165, 1.54) is 10.9 Å². The minimum absolute atomic E-state index is 0.0690. The zero-order valence-electron chi connectivity index (χ0n) is 15.0. The third-order valence-electron chi connectivity index (χ3n) is 3.95. The van der Waals surface area contributed by atoms with Crippen LogP contribution in [0.4, 0.5) is 5.82 Å². The van der Waals surface area contributed by atoms with E-state index in [-0.39, 0.29) is 36.5 Å². The number of amides is 1. The van der Waals surface area contributed by atoms with E-state index in [0.29, 0.717) is 0 Å². The number of nitrogens with one attached hydrogen (secondary N) is 1. The molecule has 0 saturated heterocycles. The molecule has 1 heterocycles. The molecule has 1 aromatic heterocycles. The molecule has 25 heavy (non-hydrogen) atoms. The molecular weight excluding hydrogens is 320 g/mol. The first-order valence-electron chi connectivity index (χ1n) is 8.18. The van der Waals surface area contributed by atoms with Gasteiger partial charge < -0.3 is 15.8 Å². The molecule has 0 fully saturated rings. The quantitative estimate of drug-likeness (QED) is 0.782. The molecule has 0 bridgehead atoms. The van der Waals surface area contributed by atoms with E-state index in [9.17, 15) is 9.59 Å². The number of nitrogens with zero attached hydrogens (tertiary/aromatic N) is 2. The Morgan fingerprint density at radius 1 is 1.36 bits per heavy atom. The third kappa shape index (κ3) is 4.37. The summed E-state index contributed by atoms with van der Waals surface area (Å²) in [5.74, 6) is -0.665. The van der Waals surface area contributed by atoms with Gasteiger partial charge in [0.05, 0.1) is 18.8 Å². The molecule has 134 valence electrons. The second kappa shape index (κ2) is 7.83.